The molecule has 1 aliphatic heterocycles. The summed E-state index contributed by atoms with van der Waals surface area (Å²) in [5.74, 6) is 1.04. The average Bonchev–Trinajstić information content (AvgIpc) is 3.33. The fourth-order valence-electron chi connectivity index (χ4n) is 4.91. The van der Waals surface area contributed by atoms with E-state index in [0.29, 0.717) is 17.5 Å². The first-order valence-electron chi connectivity index (χ1n) is 8.18. The van der Waals surface area contributed by atoms with Gasteiger partial charge in [0, 0.05) is 5.69 Å². The average molecular weight is 312 g/mol. The lowest BCUT2D eigenvalue weighted by Gasteiger charge is -2.37. The summed E-state index contributed by atoms with van der Waals surface area (Å²) in [5.41, 5.74) is 0.700. The van der Waals surface area contributed by atoms with Gasteiger partial charge in [-0.15, -0.1) is 0 Å². The van der Waals surface area contributed by atoms with Gasteiger partial charge >= 0.3 is 0 Å². The predicted octanol–water partition coefficient (Wildman–Crippen LogP) is 2.25. The number of benzene rings is 1. The molecule has 6 unspecified atom stereocenters. The first-order valence-corrected chi connectivity index (χ1v) is 8.18. The zero-order valence-electron chi connectivity index (χ0n) is 12.5. The van der Waals surface area contributed by atoms with Gasteiger partial charge in [-0.2, -0.15) is 0 Å². The van der Waals surface area contributed by atoms with E-state index in [4.69, 9.17) is 0 Å². The van der Waals surface area contributed by atoms with Crippen molar-refractivity contribution in [3.63, 3.8) is 0 Å². The molecule has 1 aromatic carbocycles. The van der Waals surface area contributed by atoms with Gasteiger partial charge in [0.25, 0.3) is 0 Å². The summed E-state index contributed by atoms with van der Waals surface area (Å²) in [5, 5.41) is 3.05. The van der Waals surface area contributed by atoms with Crippen molar-refractivity contribution >= 4 is 17.5 Å². The van der Waals surface area contributed by atoms with Gasteiger partial charge < -0.3 is 5.32 Å². The molecule has 0 radical (unpaired) electrons. The third kappa shape index (κ3) is 1.76. The number of carbonyl (C=O) groups excluding carboxylic acids is 2. The van der Waals surface area contributed by atoms with Crippen LogP contribution >= 0.6 is 0 Å². The molecule has 2 saturated carbocycles. The van der Waals surface area contributed by atoms with Crippen molar-refractivity contribution in [3.8, 4) is 0 Å². The number of likely N-dealkylation sites (tertiary alicyclic amines) is 1. The van der Waals surface area contributed by atoms with E-state index in [1.54, 1.807) is 12.1 Å². The van der Waals surface area contributed by atoms with Crippen molar-refractivity contribution in [1.29, 1.82) is 0 Å². The minimum absolute atomic E-state index is 0.0423. The monoisotopic (exact) mass is 312 g/mol. The summed E-state index contributed by atoms with van der Waals surface area (Å²) >= 11 is 0. The van der Waals surface area contributed by atoms with Crippen LogP contribution in [0.5, 0.6) is 0 Å². The third-order valence-corrected chi connectivity index (χ3v) is 6.04. The molecule has 4 nitrogen and oxygen atoms in total. The van der Waals surface area contributed by atoms with Crippen LogP contribution in [-0.2, 0) is 9.59 Å². The van der Waals surface area contributed by atoms with Gasteiger partial charge in [-0.25, -0.2) is 4.39 Å². The highest BCUT2D eigenvalue weighted by Crippen LogP contribution is 2.65. The Bertz CT molecular complexity index is 693. The fourth-order valence-corrected chi connectivity index (χ4v) is 4.91. The van der Waals surface area contributed by atoms with Gasteiger partial charge in [0.05, 0.1) is 18.5 Å². The smallest absolute Gasteiger partial charge is 0.235 e. The van der Waals surface area contributed by atoms with E-state index >= 15 is 0 Å². The molecule has 5 aliphatic rings. The molecule has 1 N–H and O–H groups in total. The largest absolute Gasteiger partial charge is 0.367 e. The summed E-state index contributed by atoms with van der Waals surface area (Å²) in [6, 6.07) is 5.92. The highest BCUT2D eigenvalue weighted by atomic mass is 19.1. The Hall–Kier alpha value is -2.17. The van der Waals surface area contributed by atoms with E-state index in [1.807, 2.05) is 0 Å². The van der Waals surface area contributed by atoms with Gasteiger partial charge in [-0.3, -0.25) is 14.5 Å². The first kappa shape index (κ1) is 13.3. The van der Waals surface area contributed by atoms with E-state index in [1.165, 1.54) is 23.5 Å². The summed E-state index contributed by atoms with van der Waals surface area (Å²) in [7, 11) is 0. The second kappa shape index (κ2) is 4.43. The highest BCUT2D eigenvalue weighted by molar-refractivity contribution is 6.06. The van der Waals surface area contributed by atoms with Gasteiger partial charge in [0.2, 0.25) is 11.8 Å². The van der Waals surface area contributed by atoms with Crippen LogP contribution in [0.3, 0.4) is 0 Å². The van der Waals surface area contributed by atoms with Crippen LogP contribution in [-0.4, -0.2) is 23.4 Å². The Morgan fingerprint density at radius 3 is 2.13 bits per heavy atom. The van der Waals surface area contributed by atoms with Crippen LogP contribution in [0.2, 0.25) is 0 Å². The quantitative estimate of drug-likeness (QED) is 0.688. The van der Waals surface area contributed by atoms with Gasteiger partial charge in [-0.05, 0) is 54.4 Å². The number of allylic oxidation sites excluding steroid dienone is 2. The molecule has 2 bridgehead atoms. The van der Waals surface area contributed by atoms with Crippen LogP contribution in [0.25, 0.3) is 0 Å². The fraction of sp³-hybridized carbons (Fsp3) is 0.444. The number of hydrogen-bond acceptors (Lipinski definition) is 3. The number of anilines is 1. The zero-order valence-corrected chi connectivity index (χ0v) is 12.5. The maximum Gasteiger partial charge on any atom is 0.235 e. The van der Waals surface area contributed by atoms with E-state index in [9.17, 15) is 14.0 Å². The molecule has 1 saturated heterocycles. The topological polar surface area (TPSA) is 49.4 Å². The third-order valence-electron chi connectivity index (χ3n) is 6.04. The Balaban J connectivity index is 1.36. The predicted molar refractivity (Wildman–Crippen MR) is 81.4 cm³/mol. The molecule has 3 fully saturated rings. The molecule has 0 spiro atoms. The minimum Gasteiger partial charge on any atom is -0.367 e. The second-order valence-electron chi connectivity index (χ2n) is 7.10. The maximum absolute atomic E-state index is 12.9. The van der Waals surface area contributed by atoms with Crippen LogP contribution in [0.15, 0.2) is 36.4 Å². The van der Waals surface area contributed by atoms with Crippen LogP contribution < -0.4 is 5.32 Å². The molecule has 5 heteroatoms. The standard InChI is InChI=1S/C18H17FN2O2/c19-9-1-3-10(4-2-9)20-8-21-17(22)15-11-5-6-12(14-7-13(11)14)16(15)18(21)23/h1-6,11-16,20H,7-8H2. The van der Waals surface area contributed by atoms with Crippen molar-refractivity contribution in [3.05, 3.63) is 42.2 Å². The number of carbonyl (C=O) groups is 2. The van der Waals surface area contributed by atoms with Crippen LogP contribution in [0, 0.1) is 41.3 Å². The summed E-state index contributed by atoms with van der Waals surface area (Å²) in [4.78, 5) is 26.9. The number of amides is 2. The zero-order chi connectivity index (χ0) is 15.7. The molecule has 118 valence electrons. The summed E-state index contributed by atoms with van der Waals surface area (Å²) < 4.78 is 12.9. The van der Waals surface area contributed by atoms with E-state index in [2.05, 4.69) is 17.5 Å². The Morgan fingerprint density at radius 1 is 1.00 bits per heavy atom. The Labute approximate surface area is 133 Å². The lowest BCUT2D eigenvalue weighted by molar-refractivity contribution is -0.139. The van der Waals surface area contributed by atoms with E-state index < -0.39 is 0 Å². The van der Waals surface area contributed by atoms with Crippen LogP contribution in [0.4, 0.5) is 10.1 Å². The molecular formula is C18H17FN2O2. The molecule has 6 atom stereocenters. The van der Waals surface area contributed by atoms with E-state index in [-0.39, 0.29) is 48.0 Å². The number of nitrogens with zero attached hydrogens (tertiary/aromatic N) is 1. The molecule has 4 aliphatic carbocycles. The lowest BCUT2D eigenvalue weighted by atomic mass is 9.63. The molecular weight excluding hydrogens is 295 g/mol. The van der Waals surface area contributed by atoms with Crippen molar-refractivity contribution in [1.82, 2.24) is 4.90 Å². The van der Waals surface area contributed by atoms with Crippen molar-refractivity contribution in [2.75, 3.05) is 12.0 Å². The summed E-state index contributed by atoms with van der Waals surface area (Å²) in [6.45, 7) is 0.158. The molecule has 1 heterocycles. The van der Waals surface area contributed by atoms with Gasteiger partial charge in [0.15, 0.2) is 0 Å². The number of rotatable bonds is 3. The first-order chi connectivity index (χ1) is 11.1. The van der Waals surface area contributed by atoms with Crippen LogP contribution in [0.1, 0.15) is 6.42 Å². The minimum atomic E-state index is -0.309. The normalized spacial score (nSPS) is 39.4. The number of hydrogen-bond donors (Lipinski definition) is 1. The SMILES string of the molecule is O=C1C2C3C=CC(C4CC34)C2C(=O)N1CNc1ccc(F)cc1. The lowest BCUT2D eigenvalue weighted by Crippen LogP contribution is -2.40. The maximum atomic E-state index is 12.9. The molecule has 1 aromatic rings. The van der Waals surface area contributed by atoms with Crippen molar-refractivity contribution in [2.24, 2.45) is 35.5 Å². The molecule has 6 rings (SSSR count). The molecule has 0 aromatic heterocycles. The number of imide groups is 1. The van der Waals surface area contributed by atoms with E-state index in [0.717, 1.165) is 0 Å². The molecule has 23 heavy (non-hydrogen) atoms. The Kier molecular flexibility index (Phi) is 2.56. The Morgan fingerprint density at radius 2 is 1.57 bits per heavy atom. The van der Waals surface area contributed by atoms with Crippen molar-refractivity contribution in [2.45, 2.75) is 6.42 Å². The van der Waals surface area contributed by atoms with Gasteiger partial charge in [-0.1, -0.05) is 12.2 Å². The number of halogens is 1. The van der Waals surface area contributed by atoms with Crippen molar-refractivity contribution < 1.29 is 14.0 Å². The highest BCUT2D eigenvalue weighted by Gasteiger charge is 2.66. The second-order valence-corrected chi connectivity index (χ2v) is 7.10. The summed E-state index contributed by atoms with van der Waals surface area (Å²) in [6.07, 6.45) is 5.51. The number of nitrogens with one attached hydrogen (secondary N) is 1. The van der Waals surface area contributed by atoms with Gasteiger partial charge in [0.1, 0.15) is 5.82 Å². The molecule has 2 amide bonds.